The molecule has 1 rings (SSSR count). The van der Waals surface area contributed by atoms with E-state index in [0.717, 1.165) is 25.9 Å². The molecule has 1 fully saturated rings. The molecule has 0 aromatic rings. The molecule has 106 valence electrons. The maximum atomic E-state index is 11.6. The molecule has 0 heterocycles. The first kappa shape index (κ1) is 15.4. The standard InChI is InChI=1S/C11H23N3O3S/c1-14(2)7-5-12-6-8-18(16,17)9-11(15)13-10-3-4-10/h10,12H,3-9H2,1-2H3,(H,13,15). The molecule has 1 aliphatic rings. The molecule has 1 aliphatic carbocycles. The van der Waals surface area contributed by atoms with Gasteiger partial charge in [0.2, 0.25) is 5.91 Å². The maximum absolute atomic E-state index is 11.6. The first-order chi connectivity index (χ1) is 8.39. The predicted octanol–water partition coefficient (Wildman–Crippen LogP) is -1.17. The number of nitrogens with one attached hydrogen (secondary N) is 2. The van der Waals surface area contributed by atoms with Crippen molar-refractivity contribution in [1.29, 1.82) is 0 Å². The highest BCUT2D eigenvalue weighted by Crippen LogP contribution is 2.18. The predicted molar refractivity (Wildman–Crippen MR) is 71.2 cm³/mol. The second-order valence-electron chi connectivity index (χ2n) is 4.99. The first-order valence-electron chi connectivity index (χ1n) is 6.24. The minimum atomic E-state index is -3.29. The molecule has 0 bridgehead atoms. The summed E-state index contributed by atoms with van der Waals surface area (Å²) in [5.41, 5.74) is 0. The summed E-state index contributed by atoms with van der Waals surface area (Å²) < 4.78 is 23.3. The van der Waals surface area contributed by atoms with E-state index in [1.165, 1.54) is 0 Å². The summed E-state index contributed by atoms with van der Waals surface area (Å²) in [4.78, 5) is 13.4. The summed E-state index contributed by atoms with van der Waals surface area (Å²) in [6, 6.07) is 0.214. The van der Waals surface area contributed by atoms with Crippen molar-refractivity contribution in [2.75, 3.05) is 45.2 Å². The lowest BCUT2D eigenvalue weighted by atomic mass is 10.5. The monoisotopic (exact) mass is 277 g/mol. The van der Waals surface area contributed by atoms with Crippen LogP contribution in [0.15, 0.2) is 0 Å². The molecule has 0 unspecified atom stereocenters. The summed E-state index contributed by atoms with van der Waals surface area (Å²) in [6.45, 7) is 2.01. The number of likely N-dealkylation sites (N-methyl/N-ethyl adjacent to an activating group) is 1. The number of hydrogen-bond donors (Lipinski definition) is 2. The van der Waals surface area contributed by atoms with E-state index in [0.29, 0.717) is 6.54 Å². The van der Waals surface area contributed by atoms with E-state index in [4.69, 9.17) is 0 Å². The van der Waals surface area contributed by atoms with Crippen molar-refractivity contribution in [2.45, 2.75) is 18.9 Å². The molecule has 1 saturated carbocycles. The molecule has 0 aromatic heterocycles. The average molecular weight is 277 g/mol. The van der Waals surface area contributed by atoms with Gasteiger partial charge >= 0.3 is 0 Å². The first-order valence-corrected chi connectivity index (χ1v) is 8.06. The molecule has 0 aliphatic heterocycles. The Morgan fingerprint density at radius 3 is 2.50 bits per heavy atom. The summed E-state index contributed by atoms with van der Waals surface area (Å²) in [7, 11) is 0.630. The van der Waals surface area contributed by atoms with Gasteiger partial charge in [0.15, 0.2) is 9.84 Å². The average Bonchev–Trinajstić information content (AvgIpc) is 2.99. The molecule has 7 heteroatoms. The number of carbonyl (C=O) groups excluding carboxylic acids is 1. The van der Waals surface area contributed by atoms with Crippen molar-refractivity contribution in [3.8, 4) is 0 Å². The van der Waals surface area contributed by atoms with Gasteiger partial charge < -0.3 is 15.5 Å². The van der Waals surface area contributed by atoms with Crippen LogP contribution >= 0.6 is 0 Å². The Morgan fingerprint density at radius 2 is 1.94 bits per heavy atom. The van der Waals surface area contributed by atoms with E-state index in [1.807, 2.05) is 19.0 Å². The smallest absolute Gasteiger partial charge is 0.235 e. The number of sulfone groups is 1. The fraction of sp³-hybridized carbons (Fsp3) is 0.909. The quantitative estimate of drug-likeness (QED) is 0.519. The van der Waals surface area contributed by atoms with Gasteiger partial charge in [-0.25, -0.2) is 8.42 Å². The van der Waals surface area contributed by atoms with Gasteiger partial charge in [-0.15, -0.1) is 0 Å². The summed E-state index contributed by atoms with van der Waals surface area (Å²) >= 11 is 0. The molecule has 18 heavy (non-hydrogen) atoms. The van der Waals surface area contributed by atoms with Crippen LogP contribution in [-0.4, -0.2) is 70.5 Å². The van der Waals surface area contributed by atoms with Gasteiger partial charge in [-0.05, 0) is 26.9 Å². The highest BCUT2D eigenvalue weighted by atomic mass is 32.2. The molecule has 0 aromatic carbocycles. The molecule has 6 nitrogen and oxygen atoms in total. The van der Waals surface area contributed by atoms with Gasteiger partial charge in [0.25, 0.3) is 0 Å². The maximum Gasteiger partial charge on any atom is 0.235 e. The third-order valence-corrected chi connectivity index (χ3v) is 4.15. The molecule has 0 spiro atoms. The Labute approximate surface area is 109 Å². The number of nitrogens with zero attached hydrogens (tertiary/aromatic N) is 1. The Balaban J connectivity index is 2.12. The summed E-state index contributed by atoms with van der Waals surface area (Å²) in [5, 5.41) is 5.73. The van der Waals surface area contributed by atoms with Crippen molar-refractivity contribution in [1.82, 2.24) is 15.5 Å². The zero-order valence-corrected chi connectivity index (χ0v) is 11.9. The molecular weight excluding hydrogens is 254 g/mol. The van der Waals surface area contributed by atoms with Crippen LogP contribution in [0.4, 0.5) is 0 Å². The van der Waals surface area contributed by atoms with Gasteiger partial charge in [-0.1, -0.05) is 0 Å². The van der Waals surface area contributed by atoms with Crippen LogP contribution in [0.3, 0.4) is 0 Å². The largest absolute Gasteiger partial charge is 0.352 e. The van der Waals surface area contributed by atoms with E-state index in [9.17, 15) is 13.2 Å². The highest BCUT2D eigenvalue weighted by molar-refractivity contribution is 7.92. The number of carbonyl (C=O) groups is 1. The normalized spacial score (nSPS) is 15.9. The number of amides is 1. The highest BCUT2D eigenvalue weighted by Gasteiger charge is 2.25. The van der Waals surface area contributed by atoms with Crippen LogP contribution in [0, 0.1) is 0 Å². The number of hydrogen-bond acceptors (Lipinski definition) is 5. The third-order valence-electron chi connectivity index (χ3n) is 2.62. The lowest BCUT2D eigenvalue weighted by Crippen LogP contribution is -2.35. The Hall–Kier alpha value is -0.660. The van der Waals surface area contributed by atoms with Crippen molar-refractivity contribution in [3.05, 3.63) is 0 Å². The van der Waals surface area contributed by atoms with E-state index in [2.05, 4.69) is 10.6 Å². The summed E-state index contributed by atoms with van der Waals surface area (Å²) in [5.74, 6) is -0.747. The molecule has 0 saturated heterocycles. The van der Waals surface area contributed by atoms with Gasteiger partial charge in [0.1, 0.15) is 5.75 Å². The van der Waals surface area contributed by atoms with Crippen LogP contribution < -0.4 is 10.6 Å². The van der Waals surface area contributed by atoms with Crippen LogP contribution in [-0.2, 0) is 14.6 Å². The Morgan fingerprint density at radius 1 is 1.28 bits per heavy atom. The van der Waals surface area contributed by atoms with Crippen LogP contribution in [0.2, 0.25) is 0 Å². The van der Waals surface area contributed by atoms with Gasteiger partial charge in [0, 0.05) is 25.7 Å². The van der Waals surface area contributed by atoms with E-state index in [-0.39, 0.29) is 17.7 Å². The van der Waals surface area contributed by atoms with E-state index in [1.54, 1.807) is 0 Å². The minimum absolute atomic E-state index is 0.0124. The second kappa shape index (κ2) is 7.06. The zero-order valence-electron chi connectivity index (χ0n) is 11.1. The fourth-order valence-electron chi connectivity index (χ4n) is 1.42. The zero-order chi connectivity index (χ0) is 13.6. The molecule has 1 amide bonds. The topological polar surface area (TPSA) is 78.5 Å². The van der Waals surface area contributed by atoms with Crippen molar-refractivity contribution >= 4 is 15.7 Å². The van der Waals surface area contributed by atoms with Crippen LogP contribution in [0.5, 0.6) is 0 Å². The summed E-state index contributed by atoms with van der Waals surface area (Å²) in [6.07, 6.45) is 1.94. The minimum Gasteiger partial charge on any atom is -0.352 e. The third kappa shape index (κ3) is 7.62. The van der Waals surface area contributed by atoms with E-state index >= 15 is 0 Å². The van der Waals surface area contributed by atoms with Crippen LogP contribution in [0.25, 0.3) is 0 Å². The molecule has 0 radical (unpaired) electrons. The van der Waals surface area contributed by atoms with Gasteiger partial charge in [0.05, 0.1) is 5.75 Å². The second-order valence-corrected chi connectivity index (χ2v) is 7.17. The lowest BCUT2D eigenvalue weighted by Gasteiger charge is -2.10. The number of rotatable bonds is 9. The Kier molecular flexibility index (Phi) is 6.04. The van der Waals surface area contributed by atoms with Crippen molar-refractivity contribution in [2.24, 2.45) is 0 Å². The van der Waals surface area contributed by atoms with E-state index < -0.39 is 15.6 Å². The molecule has 2 N–H and O–H groups in total. The SMILES string of the molecule is CN(C)CCNCCS(=O)(=O)CC(=O)NC1CC1. The van der Waals surface area contributed by atoms with Gasteiger partial charge in [-0.3, -0.25) is 4.79 Å². The van der Waals surface area contributed by atoms with Gasteiger partial charge in [-0.2, -0.15) is 0 Å². The van der Waals surface area contributed by atoms with Crippen molar-refractivity contribution in [3.63, 3.8) is 0 Å². The van der Waals surface area contributed by atoms with Crippen LogP contribution in [0.1, 0.15) is 12.8 Å². The molecule has 0 atom stereocenters. The lowest BCUT2D eigenvalue weighted by molar-refractivity contribution is -0.118. The molecular formula is C11H23N3O3S. The van der Waals surface area contributed by atoms with Crippen molar-refractivity contribution < 1.29 is 13.2 Å². The Bertz CT molecular complexity index is 364. The fourth-order valence-corrected chi connectivity index (χ4v) is 2.51.